The number of hydrogen-bond donors (Lipinski definition) is 0. The Morgan fingerprint density at radius 2 is 1.61 bits per heavy atom. The summed E-state index contributed by atoms with van der Waals surface area (Å²) in [7, 11) is -2.54. The Kier molecular flexibility index (Phi) is 7.76. The van der Waals surface area contributed by atoms with Crippen LogP contribution in [-0.2, 0) is 14.8 Å². The maximum atomic E-state index is 13.8. The monoisotopic (exact) mass is 527 g/mol. The topological polar surface area (TPSA) is 70.2 Å². The van der Waals surface area contributed by atoms with Crippen LogP contribution in [0.5, 0.6) is 5.75 Å². The van der Waals surface area contributed by atoms with Gasteiger partial charge in [-0.2, -0.15) is 0 Å². The zero-order valence-electron chi connectivity index (χ0n) is 20.6. The number of rotatable bonds is 7. The van der Waals surface area contributed by atoms with Gasteiger partial charge in [0.2, 0.25) is 5.91 Å². The molecule has 1 fully saturated rings. The fraction of sp³-hybridized carbons (Fsp3) is 0.296. The van der Waals surface area contributed by atoms with Crippen LogP contribution in [0.3, 0.4) is 0 Å². The summed E-state index contributed by atoms with van der Waals surface area (Å²) < 4.78 is 34.2. The molecule has 1 saturated heterocycles. The zero-order chi connectivity index (χ0) is 25.9. The van der Waals surface area contributed by atoms with Gasteiger partial charge >= 0.3 is 0 Å². The molecule has 190 valence electrons. The Labute approximate surface area is 217 Å². The van der Waals surface area contributed by atoms with Crippen LogP contribution in [0, 0.1) is 13.8 Å². The van der Waals surface area contributed by atoms with Crippen LogP contribution in [0.15, 0.2) is 71.6 Å². The molecule has 36 heavy (non-hydrogen) atoms. The molecule has 3 aromatic rings. The smallest absolute Gasteiger partial charge is 0.264 e. The third-order valence-electron chi connectivity index (χ3n) is 6.30. The molecule has 4 rings (SSSR count). The largest absolute Gasteiger partial charge is 0.495 e. The standard InChI is InChI=1S/C27H30ClN3O4S/c1-20-7-10-24(11-8-20)36(33,34)31(25-17-21(2)9-12-26(25)35-3)19-27(32)30-15-13-29(14-16-30)23-6-4-5-22(28)18-23/h4-12,17-18H,13-16,19H2,1-3H3. The highest BCUT2D eigenvalue weighted by molar-refractivity contribution is 7.92. The number of aryl methyl sites for hydroxylation is 2. The maximum absolute atomic E-state index is 13.8. The number of methoxy groups -OCH3 is 1. The summed E-state index contributed by atoms with van der Waals surface area (Å²) in [4.78, 5) is 17.4. The molecule has 0 bridgehead atoms. The van der Waals surface area contributed by atoms with Gasteiger partial charge in [-0.1, -0.05) is 41.4 Å². The Morgan fingerprint density at radius 1 is 0.944 bits per heavy atom. The van der Waals surface area contributed by atoms with E-state index in [2.05, 4.69) is 4.90 Å². The highest BCUT2D eigenvalue weighted by Gasteiger charge is 2.32. The van der Waals surface area contributed by atoms with Gasteiger partial charge in [0.1, 0.15) is 12.3 Å². The van der Waals surface area contributed by atoms with Crippen LogP contribution in [0.25, 0.3) is 0 Å². The molecular weight excluding hydrogens is 498 g/mol. The van der Waals surface area contributed by atoms with Gasteiger partial charge < -0.3 is 14.5 Å². The second-order valence-electron chi connectivity index (χ2n) is 8.85. The lowest BCUT2D eigenvalue weighted by atomic mass is 10.2. The van der Waals surface area contributed by atoms with Crippen molar-refractivity contribution in [2.45, 2.75) is 18.7 Å². The van der Waals surface area contributed by atoms with Crippen molar-refractivity contribution >= 4 is 38.9 Å². The van der Waals surface area contributed by atoms with Crippen LogP contribution in [0.1, 0.15) is 11.1 Å². The van der Waals surface area contributed by atoms with Crippen molar-refractivity contribution in [3.8, 4) is 5.75 Å². The lowest BCUT2D eigenvalue weighted by Gasteiger charge is -2.37. The van der Waals surface area contributed by atoms with Crippen molar-refractivity contribution in [3.05, 3.63) is 82.9 Å². The van der Waals surface area contributed by atoms with E-state index in [9.17, 15) is 13.2 Å². The van der Waals surface area contributed by atoms with E-state index in [0.717, 1.165) is 21.1 Å². The van der Waals surface area contributed by atoms with Gasteiger partial charge in [0.25, 0.3) is 10.0 Å². The van der Waals surface area contributed by atoms with Crippen LogP contribution >= 0.6 is 11.6 Å². The number of nitrogens with zero attached hydrogens (tertiary/aromatic N) is 3. The Bertz CT molecular complexity index is 1340. The van der Waals surface area contributed by atoms with Crippen molar-refractivity contribution in [1.82, 2.24) is 4.90 Å². The van der Waals surface area contributed by atoms with E-state index in [4.69, 9.17) is 16.3 Å². The van der Waals surface area contributed by atoms with Gasteiger partial charge in [-0.15, -0.1) is 0 Å². The first-order valence-corrected chi connectivity index (χ1v) is 13.5. The molecule has 9 heteroatoms. The minimum Gasteiger partial charge on any atom is -0.495 e. The van der Waals surface area contributed by atoms with Gasteiger partial charge in [-0.3, -0.25) is 9.10 Å². The molecular formula is C27H30ClN3O4S. The number of halogens is 1. The molecule has 0 aromatic heterocycles. The van der Waals surface area contributed by atoms with E-state index in [-0.39, 0.29) is 17.3 Å². The minimum atomic E-state index is -4.03. The number of amides is 1. The second-order valence-corrected chi connectivity index (χ2v) is 11.1. The molecule has 0 radical (unpaired) electrons. The highest BCUT2D eigenvalue weighted by atomic mass is 35.5. The van der Waals surface area contributed by atoms with Gasteiger partial charge in [0.15, 0.2) is 0 Å². The number of carbonyl (C=O) groups excluding carboxylic acids is 1. The number of piperazine rings is 1. The van der Waals surface area contributed by atoms with Crippen molar-refractivity contribution in [3.63, 3.8) is 0 Å². The van der Waals surface area contributed by atoms with Gasteiger partial charge in [-0.05, 0) is 61.9 Å². The summed E-state index contributed by atoms with van der Waals surface area (Å²) in [5, 5.41) is 0.662. The number of sulfonamides is 1. The SMILES string of the molecule is COc1ccc(C)cc1N(CC(=O)N1CCN(c2cccc(Cl)c2)CC1)S(=O)(=O)c1ccc(C)cc1. The number of benzene rings is 3. The molecule has 0 saturated carbocycles. The van der Waals surface area contributed by atoms with Crippen LogP contribution in [-0.4, -0.2) is 59.1 Å². The Hall–Kier alpha value is -3.23. The van der Waals surface area contributed by atoms with Gasteiger partial charge in [0, 0.05) is 36.9 Å². The quantitative estimate of drug-likeness (QED) is 0.452. The molecule has 0 unspecified atom stereocenters. The number of carbonyl (C=O) groups is 1. The predicted molar refractivity (Wildman–Crippen MR) is 144 cm³/mol. The fourth-order valence-corrected chi connectivity index (χ4v) is 5.84. The number of anilines is 2. The minimum absolute atomic E-state index is 0.121. The zero-order valence-corrected chi connectivity index (χ0v) is 22.2. The average molecular weight is 528 g/mol. The summed E-state index contributed by atoms with van der Waals surface area (Å²) in [6, 6.07) is 19.5. The molecule has 1 aliphatic heterocycles. The average Bonchev–Trinajstić information content (AvgIpc) is 2.87. The summed E-state index contributed by atoms with van der Waals surface area (Å²) in [5.41, 5.74) is 3.14. The van der Waals surface area contributed by atoms with E-state index in [1.54, 1.807) is 41.3 Å². The van der Waals surface area contributed by atoms with E-state index >= 15 is 0 Å². The molecule has 0 atom stereocenters. The van der Waals surface area contributed by atoms with E-state index in [1.165, 1.54) is 7.11 Å². The van der Waals surface area contributed by atoms with Crippen LogP contribution in [0.4, 0.5) is 11.4 Å². The highest BCUT2D eigenvalue weighted by Crippen LogP contribution is 2.33. The summed E-state index contributed by atoms with van der Waals surface area (Å²) in [5.74, 6) is 0.120. The Balaban J connectivity index is 1.60. The summed E-state index contributed by atoms with van der Waals surface area (Å²) in [6.07, 6.45) is 0. The van der Waals surface area contributed by atoms with Gasteiger partial charge in [-0.25, -0.2) is 8.42 Å². The number of ether oxygens (including phenoxy) is 1. The molecule has 1 amide bonds. The fourth-order valence-electron chi connectivity index (χ4n) is 4.24. The predicted octanol–water partition coefficient (Wildman–Crippen LogP) is 4.51. The third-order valence-corrected chi connectivity index (χ3v) is 8.31. The molecule has 7 nitrogen and oxygen atoms in total. The van der Waals surface area contributed by atoms with E-state index < -0.39 is 10.0 Å². The first-order chi connectivity index (χ1) is 17.2. The summed E-state index contributed by atoms with van der Waals surface area (Å²) >= 11 is 6.13. The van der Waals surface area contributed by atoms with Crippen LogP contribution in [0.2, 0.25) is 5.02 Å². The first kappa shape index (κ1) is 25.9. The van der Waals surface area contributed by atoms with Crippen molar-refractivity contribution in [2.24, 2.45) is 0 Å². The molecule has 0 aliphatic carbocycles. The lowest BCUT2D eigenvalue weighted by Crippen LogP contribution is -2.52. The van der Waals surface area contributed by atoms with Crippen molar-refractivity contribution < 1.29 is 17.9 Å². The third kappa shape index (κ3) is 5.60. The molecule has 1 heterocycles. The first-order valence-electron chi connectivity index (χ1n) is 11.7. The Morgan fingerprint density at radius 3 is 2.25 bits per heavy atom. The van der Waals surface area contributed by atoms with Crippen LogP contribution < -0.4 is 13.9 Å². The second kappa shape index (κ2) is 10.8. The summed E-state index contributed by atoms with van der Waals surface area (Å²) in [6.45, 7) is 5.66. The molecule has 0 spiro atoms. The molecule has 1 aliphatic rings. The van der Waals surface area contributed by atoms with E-state index in [1.807, 2.05) is 44.2 Å². The lowest BCUT2D eigenvalue weighted by molar-refractivity contribution is -0.129. The normalized spacial score (nSPS) is 14.0. The number of hydrogen-bond acceptors (Lipinski definition) is 5. The molecule has 3 aromatic carbocycles. The van der Waals surface area contributed by atoms with E-state index in [0.29, 0.717) is 42.6 Å². The van der Waals surface area contributed by atoms with Crippen molar-refractivity contribution in [1.29, 1.82) is 0 Å². The molecule has 0 N–H and O–H groups in total. The maximum Gasteiger partial charge on any atom is 0.264 e. The van der Waals surface area contributed by atoms with Gasteiger partial charge in [0.05, 0.1) is 17.7 Å². The van der Waals surface area contributed by atoms with Crippen molar-refractivity contribution in [2.75, 3.05) is 49.0 Å².